The minimum atomic E-state index is -2.83. The molecule has 4 heteroatoms. The normalized spacial score (nSPS) is 40.1. The van der Waals surface area contributed by atoms with E-state index in [-0.39, 0.29) is 5.25 Å². The molecule has 2 aliphatic rings. The van der Waals surface area contributed by atoms with Crippen molar-refractivity contribution in [3.63, 3.8) is 0 Å². The van der Waals surface area contributed by atoms with Crippen LogP contribution < -0.4 is 0 Å². The lowest BCUT2D eigenvalue weighted by Gasteiger charge is -2.38. The van der Waals surface area contributed by atoms with Crippen LogP contribution in [0.2, 0.25) is 0 Å². The molecule has 2 aliphatic carbocycles. The molecule has 0 N–H and O–H groups in total. The van der Waals surface area contributed by atoms with E-state index in [1.54, 1.807) is 0 Å². The molecule has 2 fully saturated rings. The Hall–Kier alpha value is 0.430. The van der Waals surface area contributed by atoms with Gasteiger partial charge in [-0.25, -0.2) is 8.42 Å². The van der Waals surface area contributed by atoms with Gasteiger partial charge in [-0.2, -0.15) is 0 Å². The van der Waals surface area contributed by atoms with Gasteiger partial charge in [0.15, 0.2) is 0 Å². The first-order chi connectivity index (χ1) is 7.98. The van der Waals surface area contributed by atoms with Crippen LogP contribution in [0, 0.1) is 11.8 Å². The highest BCUT2D eigenvalue weighted by molar-refractivity contribution is 9.09. The Morgan fingerprint density at radius 1 is 1.00 bits per heavy atom. The van der Waals surface area contributed by atoms with Crippen LogP contribution >= 0.6 is 15.9 Å². The minimum absolute atomic E-state index is 0.0668. The van der Waals surface area contributed by atoms with Crippen LogP contribution in [0.25, 0.3) is 0 Å². The highest BCUT2D eigenvalue weighted by atomic mass is 79.9. The summed E-state index contributed by atoms with van der Waals surface area (Å²) in [5.41, 5.74) is 0. The molecule has 2 nitrogen and oxygen atoms in total. The first kappa shape index (κ1) is 13.9. The third-order valence-corrected chi connectivity index (χ3v) is 7.39. The Labute approximate surface area is 114 Å². The molecular formula is C13H23BrO2S. The molecular weight excluding hydrogens is 300 g/mol. The molecule has 0 radical (unpaired) electrons. The first-order valence-corrected chi connectivity index (χ1v) is 9.68. The third-order valence-electron chi connectivity index (χ3n) is 4.61. The Morgan fingerprint density at radius 3 is 2.35 bits per heavy atom. The number of halogens is 1. The molecule has 0 aromatic rings. The molecule has 100 valence electrons. The van der Waals surface area contributed by atoms with Crippen LogP contribution in [0.5, 0.6) is 0 Å². The summed E-state index contributed by atoms with van der Waals surface area (Å²) in [4.78, 5) is 0.625. The average molecular weight is 323 g/mol. The van der Waals surface area contributed by atoms with Crippen molar-refractivity contribution < 1.29 is 8.42 Å². The van der Waals surface area contributed by atoms with Crippen LogP contribution in [0.15, 0.2) is 0 Å². The van der Waals surface area contributed by atoms with Crippen LogP contribution in [0.1, 0.15) is 51.4 Å². The van der Waals surface area contributed by atoms with Crippen molar-refractivity contribution in [3.05, 3.63) is 0 Å². The second kappa shape index (κ2) is 5.60. The monoisotopic (exact) mass is 322 g/mol. The highest BCUT2D eigenvalue weighted by Crippen LogP contribution is 2.42. The van der Waals surface area contributed by atoms with Crippen molar-refractivity contribution in [2.45, 2.75) is 61.4 Å². The molecule has 0 spiro atoms. The van der Waals surface area contributed by atoms with Gasteiger partial charge in [0.25, 0.3) is 0 Å². The zero-order valence-electron chi connectivity index (χ0n) is 10.6. The van der Waals surface area contributed by atoms with Gasteiger partial charge in [0, 0.05) is 11.1 Å². The second-order valence-electron chi connectivity index (χ2n) is 5.84. The van der Waals surface area contributed by atoms with E-state index >= 15 is 0 Å². The highest BCUT2D eigenvalue weighted by Gasteiger charge is 2.36. The maximum atomic E-state index is 11.7. The lowest BCUT2D eigenvalue weighted by Crippen LogP contribution is -2.35. The molecule has 2 rings (SSSR count). The predicted molar refractivity (Wildman–Crippen MR) is 75.3 cm³/mol. The van der Waals surface area contributed by atoms with Gasteiger partial charge in [0.2, 0.25) is 0 Å². The van der Waals surface area contributed by atoms with Crippen molar-refractivity contribution >= 4 is 25.8 Å². The van der Waals surface area contributed by atoms with E-state index in [2.05, 4.69) is 15.9 Å². The predicted octanol–water partition coefficient (Wildman–Crippen LogP) is 3.54. The topological polar surface area (TPSA) is 34.1 Å². The Balaban J connectivity index is 2.01. The molecule has 0 aromatic heterocycles. The largest absolute Gasteiger partial charge is 0.229 e. The van der Waals surface area contributed by atoms with E-state index in [1.807, 2.05) is 0 Å². The number of sulfone groups is 1. The summed E-state index contributed by atoms with van der Waals surface area (Å²) < 4.78 is 23.4. The number of alkyl halides is 1. The zero-order chi connectivity index (χ0) is 12.5. The fourth-order valence-corrected chi connectivity index (χ4v) is 5.82. The molecule has 0 saturated heterocycles. The van der Waals surface area contributed by atoms with Gasteiger partial charge in [-0.15, -0.1) is 0 Å². The SMILES string of the molecule is CS(=O)(=O)C1CCCC(C2CCCCC2Br)C1. The maximum Gasteiger partial charge on any atom is 0.150 e. The fourth-order valence-electron chi connectivity index (χ4n) is 3.60. The van der Waals surface area contributed by atoms with Crippen molar-refractivity contribution in [2.75, 3.05) is 6.26 Å². The van der Waals surface area contributed by atoms with Gasteiger partial charge in [0.1, 0.15) is 9.84 Å². The van der Waals surface area contributed by atoms with E-state index in [0.717, 1.165) is 19.3 Å². The van der Waals surface area contributed by atoms with Gasteiger partial charge in [-0.3, -0.25) is 0 Å². The van der Waals surface area contributed by atoms with Gasteiger partial charge in [-0.05, 0) is 37.5 Å². The number of hydrogen-bond donors (Lipinski definition) is 0. The van der Waals surface area contributed by atoms with Crippen molar-refractivity contribution in [1.82, 2.24) is 0 Å². The molecule has 0 bridgehead atoms. The lowest BCUT2D eigenvalue weighted by molar-refractivity contribution is 0.206. The van der Waals surface area contributed by atoms with E-state index in [1.165, 1.54) is 38.4 Å². The summed E-state index contributed by atoms with van der Waals surface area (Å²) in [5, 5.41) is -0.0668. The van der Waals surface area contributed by atoms with E-state index in [9.17, 15) is 8.42 Å². The molecule has 4 unspecified atom stereocenters. The molecule has 17 heavy (non-hydrogen) atoms. The molecule has 0 aliphatic heterocycles. The summed E-state index contributed by atoms with van der Waals surface area (Å²) in [7, 11) is -2.83. The molecule has 0 amide bonds. The number of hydrogen-bond acceptors (Lipinski definition) is 2. The van der Waals surface area contributed by atoms with Crippen molar-refractivity contribution in [3.8, 4) is 0 Å². The maximum absolute atomic E-state index is 11.7. The third kappa shape index (κ3) is 3.46. The van der Waals surface area contributed by atoms with E-state index in [0.29, 0.717) is 16.7 Å². The average Bonchev–Trinajstić information content (AvgIpc) is 2.29. The fraction of sp³-hybridized carbons (Fsp3) is 1.00. The van der Waals surface area contributed by atoms with Gasteiger partial charge >= 0.3 is 0 Å². The standard InChI is InChI=1S/C13H23BrO2S/c1-17(15,16)11-6-4-5-10(9-11)12-7-2-3-8-13(12)14/h10-13H,2-9H2,1H3. The first-order valence-electron chi connectivity index (χ1n) is 6.81. The molecule has 2 saturated carbocycles. The summed E-state index contributed by atoms with van der Waals surface area (Å²) in [6.45, 7) is 0. The van der Waals surface area contributed by atoms with Gasteiger partial charge in [-0.1, -0.05) is 41.6 Å². The van der Waals surface area contributed by atoms with Crippen molar-refractivity contribution in [2.24, 2.45) is 11.8 Å². The van der Waals surface area contributed by atoms with E-state index < -0.39 is 9.84 Å². The molecule has 0 heterocycles. The van der Waals surface area contributed by atoms with Crippen LogP contribution in [-0.2, 0) is 9.84 Å². The molecule has 4 atom stereocenters. The quantitative estimate of drug-likeness (QED) is 0.729. The Kier molecular flexibility index (Phi) is 4.56. The summed E-state index contributed by atoms with van der Waals surface area (Å²) in [5.74, 6) is 1.35. The summed E-state index contributed by atoms with van der Waals surface area (Å²) in [6, 6.07) is 0. The minimum Gasteiger partial charge on any atom is -0.229 e. The lowest BCUT2D eigenvalue weighted by atomic mass is 9.73. The second-order valence-corrected chi connectivity index (χ2v) is 9.34. The van der Waals surface area contributed by atoms with Crippen LogP contribution in [-0.4, -0.2) is 24.8 Å². The van der Waals surface area contributed by atoms with Crippen LogP contribution in [0.4, 0.5) is 0 Å². The van der Waals surface area contributed by atoms with Gasteiger partial charge in [0.05, 0.1) is 5.25 Å². The van der Waals surface area contributed by atoms with Gasteiger partial charge < -0.3 is 0 Å². The smallest absolute Gasteiger partial charge is 0.150 e. The Morgan fingerprint density at radius 2 is 1.71 bits per heavy atom. The summed E-state index contributed by atoms with van der Waals surface area (Å²) in [6.07, 6.45) is 10.7. The molecule has 0 aromatic carbocycles. The van der Waals surface area contributed by atoms with E-state index in [4.69, 9.17) is 0 Å². The Bertz CT molecular complexity index is 352. The summed E-state index contributed by atoms with van der Waals surface area (Å²) >= 11 is 3.81. The number of rotatable bonds is 2. The van der Waals surface area contributed by atoms with Crippen molar-refractivity contribution in [1.29, 1.82) is 0 Å². The van der Waals surface area contributed by atoms with Crippen LogP contribution in [0.3, 0.4) is 0 Å². The zero-order valence-corrected chi connectivity index (χ0v) is 13.0.